The summed E-state index contributed by atoms with van der Waals surface area (Å²) < 4.78 is 0. The summed E-state index contributed by atoms with van der Waals surface area (Å²) in [4.78, 5) is 0. The highest BCUT2D eigenvalue weighted by atomic mass is 35.5. The van der Waals surface area contributed by atoms with Crippen LogP contribution in [0.15, 0.2) is 0 Å². The molecule has 0 aliphatic heterocycles. The van der Waals surface area contributed by atoms with Crippen LogP contribution in [0.1, 0.15) is 38.5 Å². The Balaban J connectivity index is 1.78. The molecule has 6 unspecified atom stereocenters. The minimum Gasteiger partial charge on any atom is -0.155 e. The quantitative estimate of drug-likeness (QED) is 0.620. The zero-order chi connectivity index (χ0) is 12.4. The Hall–Kier alpha value is 1.51. The van der Waals surface area contributed by atoms with Crippen molar-refractivity contribution in [1.82, 2.24) is 0 Å². The molecule has 2 rings (SSSR count). The van der Waals surface area contributed by atoms with Crippen LogP contribution in [0.4, 0.5) is 0 Å². The zero-order valence-corrected chi connectivity index (χ0v) is 13.5. The lowest BCUT2D eigenvalue weighted by molar-refractivity contribution is 0.508. The van der Waals surface area contributed by atoms with Gasteiger partial charge < -0.3 is 0 Å². The van der Waals surface area contributed by atoms with Gasteiger partial charge in [-0.15, -0.1) is 46.4 Å². The van der Waals surface area contributed by atoms with Crippen LogP contribution in [-0.4, -0.2) is 32.0 Å². The average Bonchev–Trinajstić information content (AvgIpc) is 2.29. The Kier molecular flexibility index (Phi) is 5.96. The molecular weight excluding hydrogens is 318 g/mol. The van der Waals surface area contributed by atoms with Gasteiger partial charge in [0.1, 0.15) is 0 Å². The monoisotopic (exact) mass is 334 g/mol. The number of hydrogen-bond donors (Lipinski definition) is 0. The van der Waals surface area contributed by atoms with Gasteiger partial charge in [0.05, 0.1) is 21.5 Å². The van der Waals surface area contributed by atoms with Crippen molar-refractivity contribution in [2.45, 2.75) is 70.5 Å². The van der Waals surface area contributed by atoms with Gasteiger partial charge >= 0.3 is 0 Å². The van der Waals surface area contributed by atoms with E-state index in [0.717, 1.165) is 25.7 Å². The second kappa shape index (κ2) is 6.79. The fraction of sp³-hybridized carbons (Fsp3) is 1.00. The molecule has 2 saturated carbocycles. The molecule has 0 aromatic heterocycles. The first-order chi connectivity index (χ1) is 8.06. The Morgan fingerprint density at radius 2 is 1.00 bits per heavy atom. The zero-order valence-electron chi connectivity index (χ0n) is 9.63. The maximum Gasteiger partial charge on any atom is 0.0510 e. The van der Waals surface area contributed by atoms with Gasteiger partial charge in [-0.2, -0.15) is 11.8 Å². The molecule has 2 fully saturated rings. The third kappa shape index (κ3) is 4.24. The summed E-state index contributed by atoms with van der Waals surface area (Å²) in [5.41, 5.74) is 0. The Bertz CT molecular complexity index is 227. The van der Waals surface area contributed by atoms with Gasteiger partial charge in [-0.1, -0.05) is 0 Å². The summed E-state index contributed by atoms with van der Waals surface area (Å²) in [6.07, 6.45) is 6.54. The van der Waals surface area contributed by atoms with Gasteiger partial charge in [-0.25, -0.2) is 0 Å². The molecule has 0 N–H and O–H groups in total. The second-order valence-electron chi connectivity index (χ2n) is 5.07. The molecule has 0 heterocycles. The number of alkyl halides is 4. The first kappa shape index (κ1) is 14.9. The van der Waals surface area contributed by atoms with Gasteiger partial charge in [0, 0.05) is 10.5 Å². The van der Waals surface area contributed by atoms with E-state index >= 15 is 0 Å². The molecule has 0 aromatic carbocycles. The standard InChI is InChI=1S/C12H18Cl4S/c13-9-3-1-7(5-11(9)15)17-8-2-4-10(14)12(16)6-8/h7-12H,1-6H2. The highest BCUT2D eigenvalue weighted by Gasteiger charge is 2.33. The number of thioether (sulfide) groups is 1. The number of hydrogen-bond acceptors (Lipinski definition) is 1. The van der Waals surface area contributed by atoms with E-state index in [4.69, 9.17) is 46.4 Å². The Morgan fingerprint density at radius 3 is 1.35 bits per heavy atom. The van der Waals surface area contributed by atoms with Gasteiger partial charge in [0.25, 0.3) is 0 Å². The van der Waals surface area contributed by atoms with Crippen molar-refractivity contribution >= 4 is 58.2 Å². The molecule has 0 nitrogen and oxygen atoms in total. The summed E-state index contributed by atoms with van der Waals surface area (Å²) in [7, 11) is 0. The maximum absolute atomic E-state index is 6.24. The smallest absolute Gasteiger partial charge is 0.0510 e. The first-order valence-corrected chi connectivity index (χ1v) is 8.97. The average molecular weight is 336 g/mol. The minimum absolute atomic E-state index is 0.138. The van der Waals surface area contributed by atoms with Crippen molar-refractivity contribution in [3.05, 3.63) is 0 Å². The highest BCUT2D eigenvalue weighted by Crippen LogP contribution is 2.41. The molecule has 6 atom stereocenters. The van der Waals surface area contributed by atoms with Crippen LogP contribution in [0.3, 0.4) is 0 Å². The fourth-order valence-electron chi connectivity index (χ4n) is 2.60. The number of rotatable bonds is 2. The normalized spacial score (nSPS) is 48.0. The van der Waals surface area contributed by atoms with E-state index in [1.807, 2.05) is 0 Å². The largest absolute Gasteiger partial charge is 0.155 e. The van der Waals surface area contributed by atoms with Crippen molar-refractivity contribution in [3.8, 4) is 0 Å². The van der Waals surface area contributed by atoms with Crippen molar-refractivity contribution in [2.75, 3.05) is 0 Å². The lowest BCUT2D eigenvalue weighted by Gasteiger charge is -2.34. The van der Waals surface area contributed by atoms with Crippen LogP contribution in [-0.2, 0) is 0 Å². The molecule has 0 amide bonds. The molecule has 2 aliphatic rings. The summed E-state index contributed by atoms with van der Waals surface area (Å²) >= 11 is 26.8. The van der Waals surface area contributed by atoms with Crippen LogP contribution >= 0.6 is 58.2 Å². The summed E-state index contributed by atoms with van der Waals surface area (Å²) in [6.45, 7) is 0. The molecule has 0 saturated heterocycles. The van der Waals surface area contributed by atoms with E-state index in [1.165, 1.54) is 12.8 Å². The topological polar surface area (TPSA) is 0 Å². The molecule has 2 aliphatic carbocycles. The lowest BCUT2D eigenvalue weighted by atomic mass is 9.98. The SMILES string of the molecule is ClC1CCC(SC2CCC(Cl)C(Cl)C2)CC1Cl. The molecule has 100 valence electrons. The van der Waals surface area contributed by atoms with Crippen molar-refractivity contribution in [2.24, 2.45) is 0 Å². The second-order valence-corrected chi connectivity index (χ2v) is 8.92. The molecule has 5 heteroatoms. The third-order valence-corrected chi connectivity index (χ3v) is 7.57. The summed E-state index contributed by atoms with van der Waals surface area (Å²) in [6, 6.07) is 0. The van der Waals surface area contributed by atoms with Gasteiger partial charge in [-0.05, 0) is 38.5 Å². The third-order valence-electron chi connectivity index (χ3n) is 3.67. The lowest BCUT2D eigenvalue weighted by Crippen LogP contribution is -2.32. The van der Waals surface area contributed by atoms with Gasteiger partial charge in [0.15, 0.2) is 0 Å². The van der Waals surface area contributed by atoms with Crippen molar-refractivity contribution in [1.29, 1.82) is 0 Å². The summed E-state index contributed by atoms with van der Waals surface area (Å²) in [5.74, 6) is 0. The molecule has 0 bridgehead atoms. The predicted molar refractivity (Wildman–Crippen MR) is 81.4 cm³/mol. The predicted octanol–water partition coefficient (Wildman–Crippen LogP) is 5.25. The molecular formula is C12H18Cl4S. The van der Waals surface area contributed by atoms with Crippen LogP contribution in [0.2, 0.25) is 0 Å². The van der Waals surface area contributed by atoms with E-state index in [1.54, 1.807) is 0 Å². The Labute approximate surface area is 128 Å². The fourth-order valence-corrected chi connectivity index (χ4v) is 5.68. The highest BCUT2D eigenvalue weighted by molar-refractivity contribution is 8.00. The number of halogens is 4. The van der Waals surface area contributed by atoms with Gasteiger partial charge in [-0.3, -0.25) is 0 Å². The van der Waals surface area contributed by atoms with E-state index in [9.17, 15) is 0 Å². The van der Waals surface area contributed by atoms with Crippen LogP contribution in [0.5, 0.6) is 0 Å². The minimum atomic E-state index is 0.138. The van der Waals surface area contributed by atoms with E-state index in [0.29, 0.717) is 10.5 Å². The van der Waals surface area contributed by atoms with E-state index in [-0.39, 0.29) is 21.5 Å². The van der Waals surface area contributed by atoms with Crippen LogP contribution < -0.4 is 0 Å². The molecule has 0 aromatic rings. The van der Waals surface area contributed by atoms with Crippen molar-refractivity contribution < 1.29 is 0 Å². The maximum atomic E-state index is 6.24. The Morgan fingerprint density at radius 1 is 0.588 bits per heavy atom. The van der Waals surface area contributed by atoms with Crippen LogP contribution in [0.25, 0.3) is 0 Å². The van der Waals surface area contributed by atoms with Crippen LogP contribution in [0, 0.1) is 0 Å². The van der Waals surface area contributed by atoms with Crippen molar-refractivity contribution in [3.63, 3.8) is 0 Å². The van der Waals surface area contributed by atoms with E-state index in [2.05, 4.69) is 11.8 Å². The molecule has 0 spiro atoms. The first-order valence-electron chi connectivity index (χ1n) is 6.28. The summed E-state index contributed by atoms with van der Waals surface area (Å²) in [5, 5.41) is 1.92. The van der Waals surface area contributed by atoms with Gasteiger partial charge in [0.2, 0.25) is 0 Å². The molecule has 17 heavy (non-hydrogen) atoms. The van der Waals surface area contributed by atoms with E-state index < -0.39 is 0 Å². The molecule has 0 radical (unpaired) electrons.